The number of aromatic nitrogens is 1. The van der Waals surface area contributed by atoms with Crippen LogP contribution in [0.4, 0.5) is 0 Å². The Labute approximate surface area is 131 Å². The lowest BCUT2D eigenvalue weighted by Crippen LogP contribution is -2.37. The van der Waals surface area contributed by atoms with Crippen LogP contribution >= 0.6 is 11.3 Å². The SMILES string of the molecule is CNC(C)(CCc1ccccc1)c1nc2c(s1)CCCC2. The fourth-order valence-electron chi connectivity index (χ4n) is 2.97. The summed E-state index contributed by atoms with van der Waals surface area (Å²) < 4.78 is 0. The molecular weight excluding hydrogens is 276 g/mol. The summed E-state index contributed by atoms with van der Waals surface area (Å²) in [4.78, 5) is 6.49. The molecule has 1 unspecified atom stereocenters. The monoisotopic (exact) mass is 300 g/mol. The maximum Gasteiger partial charge on any atom is 0.113 e. The molecule has 2 aromatic rings. The minimum Gasteiger partial charge on any atom is -0.309 e. The summed E-state index contributed by atoms with van der Waals surface area (Å²) in [7, 11) is 2.06. The Bertz CT molecular complexity index is 567. The third-order valence-electron chi connectivity index (χ3n) is 4.63. The van der Waals surface area contributed by atoms with Crippen molar-refractivity contribution < 1.29 is 0 Å². The summed E-state index contributed by atoms with van der Waals surface area (Å²) >= 11 is 1.93. The molecule has 0 amide bonds. The van der Waals surface area contributed by atoms with Gasteiger partial charge in [-0.1, -0.05) is 30.3 Å². The molecule has 1 aromatic heterocycles. The van der Waals surface area contributed by atoms with Gasteiger partial charge in [0.05, 0.1) is 11.2 Å². The molecule has 0 fully saturated rings. The van der Waals surface area contributed by atoms with E-state index < -0.39 is 0 Å². The number of nitrogens with one attached hydrogen (secondary N) is 1. The molecule has 1 aliphatic carbocycles. The average Bonchev–Trinajstić information content (AvgIpc) is 2.98. The van der Waals surface area contributed by atoms with E-state index in [0.29, 0.717) is 0 Å². The van der Waals surface area contributed by atoms with E-state index in [2.05, 4.69) is 49.6 Å². The lowest BCUT2D eigenvalue weighted by Gasteiger charge is -2.27. The minimum atomic E-state index is -0.0160. The van der Waals surface area contributed by atoms with Gasteiger partial charge in [-0.25, -0.2) is 4.98 Å². The van der Waals surface area contributed by atoms with Crippen LogP contribution in [0.5, 0.6) is 0 Å². The highest BCUT2D eigenvalue weighted by Crippen LogP contribution is 2.34. The molecule has 112 valence electrons. The topological polar surface area (TPSA) is 24.9 Å². The first-order valence-corrected chi connectivity index (χ1v) is 8.75. The van der Waals surface area contributed by atoms with Crippen LogP contribution in [0.15, 0.2) is 30.3 Å². The van der Waals surface area contributed by atoms with Crippen molar-refractivity contribution in [3.05, 3.63) is 51.5 Å². The summed E-state index contributed by atoms with van der Waals surface area (Å²) in [6.07, 6.45) is 7.20. The predicted octanol–water partition coefficient (Wildman–Crippen LogP) is 4.09. The van der Waals surface area contributed by atoms with E-state index >= 15 is 0 Å². The summed E-state index contributed by atoms with van der Waals surface area (Å²) in [6, 6.07) is 10.7. The highest BCUT2D eigenvalue weighted by molar-refractivity contribution is 7.11. The van der Waals surface area contributed by atoms with Crippen molar-refractivity contribution in [2.24, 2.45) is 0 Å². The first-order chi connectivity index (χ1) is 10.2. The Morgan fingerprint density at radius 1 is 1.19 bits per heavy atom. The summed E-state index contributed by atoms with van der Waals surface area (Å²) in [5.74, 6) is 0. The number of hydrogen-bond donors (Lipinski definition) is 1. The van der Waals surface area contributed by atoms with Gasteiger partial charge in [0.1, 0.15) is 5.01 Å². The molecular formula is C18H24N2S. The van der Waals surface area contributed by atoms with Crippen molar-refractivity contribution in [1.29, 1.82) is 0 Å². The van der Waals surface area contributed by atoms with Crippen molar-refractivity contribution in [1.82, 2.24) is 10.3 Å². The lowest BCUT2D eigenvalue weighted by molar-refractivity contribution is 0.367. The Morgan fingerprint density at radius 3 is 2.67 bits per heavy atom. The molecule has 3 heteroatoms. The quantitative estimate of drug-likeness (QED) is 0.899. The third-order valence-corrected chi connectivity index (χ3v) is 6.05. The fraction of sp³-hybridized carbons (Fsp3) is 0.500. The normalized spacial score (nSPS) is 17.2. The number of aryl methyl sites for hydroxylation is 3. The lowest BCUT2D eigenvalue weighted by atomic mass is 9.94. The molecule has 1 heterocycles. The van der Waals surface area contributed by atoms with Crippen LogP contribution in [0.2, 0.25) is 0 Å². The zero-order valence-corrected chi connectivity index (χ0v) is 13.8. The maximum absolute atomic E-state index is 4.96. The Hall–Kier alpha value is -1.19. The van der Waals surface area contributed by atoms with Gasteiger partial charge in [-0.15, -0.1) is 11.3 Å². The molecule has 1 aromatic carbocycles. The number of benzene rings is 1. The van der Waals surface area contributed by atoms with Gasteiger partial charge in [-0.3, -0.25) is 0 Å². The largest absolute Gasteiger partial charge is 0.309 e. The standard InChI is InChI=1S/C18H24N2S/c1-18(19-2,13-12-14-8-4-3-5-9-14)17-20-15-10-6-7-11-16(15)21-17/h3-5,8-9,19H,6-7,10-13H2,1-2H3. The first kappa shape index (κ1) is 14.7. The molecule has 3 rings (SSSR count). The van der Waals surface area contributed by atoms with E-state index in [9.17, 15) is 0 Å². The number of nitrogens with zero attached hydrogens (tertiary/aromatic N) is 1. The molecule has 0 aliphatic heterocycles. The smallest absolute Gasteiger partial charge is 0.113 e. The van der Waals surface area contributed by atoms with E-state index in [1.54, 1.807) is 0 Å². The van der Waals surface area contributed by atoms with Crippen LogP contribution in [-0.4, -0.2) is 12.0 Å². The zero-order chi connectivity index (χ0) is 14.7. The van der Waals surface area contributed by atoms with Crippen LogP contribution in [0, 0.1) is 0 Å². The van der Waals surface area contributed by atoms with Gasteiger partial charge >= 0.3 is 0 Å². The summed E-state index contributed by atoms with van der Waals surface area (Å²) in [6.45, 7) is 2.29. The highest BCUT2D eigenvalue weighted by Gasteiger charge is 2.30. The second kappa shape index (κ2) is 6.29. The molecule has 0 radical (unpaired) electrons. The van der Waals surface area contributed by atoms with Crippen LogP contribution in [0.3, 0.4) is 0 Å². The minimum absolute atomic E-state index is 0.0160. The van der Waals surface area contributed by atoms with Crippen LogP contribution in [0.25, 0.3) is 0 Å². The second-order valence-corrected chi connectivity index (χ2v) is 7.25. The van der Waals surface area contributed by atoms with Crippen molar-refractivity contribution in [3.8, 4) is 0 Å². The number of rotatable bonds is 5. The van der Waals surface area contributed by atoms with Gasteiger partial charge in [0.2, 0.25) is 0 Å². The molecule has 2 nitrogen and oxygen atoms in total. The number of fused-ring (bicyclic) bond motifs is 1. The Kier molecular flexibility index (Phi) is 4.41. The third kappa shape index (κ3) is 3.19. The first-order valence-electron chi connectivity index (χ1n) is 7.93. The molecule has 21 heavy (non-hydrogen) atoms. The van der Waals surface area contributed by atoms with Gasteiger partial charge in [0.15, 0.2) is 0 Å². The molecule has 0 spiro atoms. The molecule has 0 saturated carbocycles. The highest BCUT2D eigenvalue weighted by atomic mass is 32.1. The van der Waals surface area contributed by atoms with Gasteiger partial charge in [-0.2, -0.15) is 0 Å². The van der Waals surface area contributed by atoms with E-state index in [0.717, 1.165) is 12.8 Å². The fourth-order valence-corrected chi connectivity index (χ4v) is 4.30. The molecule has 1 atom stereocenters. The van der Waals surface area contributed by atoms with Crippen LogP contribution < -0.4 is 5.32 Å². The van der Waals surface area contributed by atoms with E-state index in [1.807, 2.05) is 11.3 Å². The van der Waals surface area contributed by atoms with Crippen molar-refractivity contribution in [2.45, 2.75) is 51.0 Å². The molecule has 1 aliphatic rings. The predicted molar refractivity (Wildman–Crippen MR) is 89.9 cm³/mol. The van der Waals surface area contributed by atoms with Gasteiger partial charge in [0, 0.05) is 4.88 Å². The molecule has 0 saturated heterocycles. The van der Waals surface area contributed by atoms with Gasteiger partial charge < -0.3 is 5.32 Å². The van der Waals surface area contributed by atoms with E-state index in [1.165, 1.54) is 46.8 Å². The number of thiazole rings is 1. The zero-order valence-electron chi connectivity index (χ0n) is 13.0. The second-order valence-electron chi connectivity index (χ2n) is 6.16. The molecule has 0 bridgehead atoms. The summed E-state index contributed by atoms with van der Waals surface area (Å²) in [5.41, 5.74) is 2.75. The van der Waals surface area contributed by atoms with Crippen LogP contribution in [-0.2, 0) is 24.8 Å². The Balaban J connectivity index is 1.77. The average molecular weight is 300 g/mol. The van der Waals surface area contributed by atoms with E-state index in [4.69, 9.17) is 4.98 Å². The van der Waals surface area contributed by atoms with Crippen LogP contribution in [0.1, 0.15) is 47.3 Å². The molecule has 1 N–H and O–H groups in total. The maximum atomic E-state index is 4.96. The Morgan fingerprint density at radius 2 is 1.95 bits per heavy atom. The summed E-state index contributed by atoms with van der Waals surface area (Å²) in [5, 5.41) is 4.79. The van der Waals surface area contributed by atoms with Crippen molar-refractivity contribution >= 4 is 11.3 Å². The van der Waals surface area contributed by atoms with Gasteiger partial charge in [-0.05, 0) is 58.1 Å². The number of hydrogen-bond acceptors (Lipinski definition) is 3. The van der Waals surface area contributed by atoms with Crippen molar-refractivity contribution in [2.75, 3.05) is 7.05 Å². The van der Waals surface area contributed by atoms with Gasteiger partial charge in [0.25, 0.3) is 0 Å². The van der Waals surface area contributed by atoms with E-state index in [-0.39, 0.29) is 5.54 Å². The van der Waals surface area contributed by atoms with Crippen molar-refractivity contribution in [3.63, 3.8) is 0 Å².